The maximum absolute atomic E-state index is 5.72. The van der Waals surface area contributed by atoms with Crippen LogP contribution in [-0.4, -0.2) is 22.2 Å². The van der Waals surface area contributed by atoms with Crippen LogP contribution in [0.4, 0.5) is 0 Å². The number of nitrogens with one attached hydrogen (secondary N) is 1. The van der Waals surface area contributed by atoms with Gasteiger partial charge >= 0.3 is 0 Å². The molecule has 0 aliphatic rings. The number of rotatable bonds is 7. The molecule has 7 heteroatoms. The summed E-state index contributed by atoms with van der Waals surface area (Å²) in [5, 5.41) is 0. The van der Waals surface area contributed by atoms with E-state index in [1.807, 2.05) is 24.3 Å². The Balaban J connectivity index is 1.67. The van der Waals surface area contributed by atoms with Gasteiger partial charge in [-0.05, 0) is 30.4 Å². The zero-order valence-corrected chi connectivity index (χ0v) is 15.3. The fraction of sp³-hybridized carbons (Fsp3) is 0.308. The normalized spacial score (nSPS) is 12.3. The summed E-state index contributed by atoms with van der Waals surface area (Å²) in [4.78, 5) is 3.56. The molecule has 2 aromatic rings. The summed E-state index contributed by atoms with van der Waals surface area (Å²) in [6.07, 6.45) is 1.80. The maximum atomic E-state index is 5.72. The van der Waals surface area contributed by atoms with E-state index in [4.69, 9.17) is 21.4 Å². The van der Waals surface area contributed by atoms with Gasteiger partial charge in [0, 0.05) is 16.4 Å². The minimum Gasteiger partial charge on any atom is -0.492 e. The molecule has 0 spiro atoms. The Morgan fingerprint density at radius 2 is 2.30 bits per heavy atom. The first-order chi connectivity index (χ1) is 9.63. The van der Waals surface area contributed by atoms with Crippen molar-refractivity contribution in [1.82, 2.24) is 4.98 Å². The number of aromatic amines is 1. The highest BCUT2D eigenvalue weighted by Crippen LogP contribution is 2.20. The van der Waals surface area contributed by atoms with Crippen LogP contribution in [0.25, 0.3) is 0 Å². The molecule has 1 atom stereocenters. The van der Waals surface area contributed by atoms with Crippen molar-refractivity contribution in [2.24, 2.45) is 0 Å². The minimum atomic E-state index is 0.286. The number of hydrogen-bond acceptors (Lipinski definition) is 4. The van der Waals surface area contributed by atoms with Crippen LogP contribution in [0.2, 0.25) is 0 Å². The van der Waals surface area contributed by atoms with Gasteiger partial charge in [0.1, 0.15) is 18.1 Å². The first-order valence-electron chi connectivity index (χ1n) is 5.91. The lowest BCUT2D eigenvalue weighted by atomic mass is 10.3. The van der Waals surface area contributed by atoms with Crippen LogP contribution in [0.15, 0.2) is 39.4 Å². The lowest BCUT2D eigenvalue weighted by Crippen LogP contribution is -2.13. The second-order valence-corrected chi connectivity index (χ2v) is 7.64. The van der Waals surface area contributed by atoms with Crippen molar-refractivity contribution in [3.8, 4) is 5.75 Å². The number of benzene rings is 1. The summed E-state index contributed by atoms with van der Waals surface area (Å²) < 4.78 is 12.0. The van der Waals surface area contributed by atoms with Crippen molar-refractivity contribution in [2.75, 3.05) is 12.4 Å². The molecule has 20 heavy (non-hydrogen) atoms. The molecular formula is C13H13Br2NO2S2. The number of oxazole rings is 1. The predicted octanol–water partition coefficient (Wildman–Crippen LogP) is 5.18. The Labute approximate surface area is 143 Å². The summed E-state index contributed by atoms with van der Waals surface area (Å²) in [6, 6.07) is 7.83. The van der Waals surface area contributed by atoms with Gasteiger partial charge in [-0.15, -0.1) is 0 Å². The monoisotopic (exact) mass is 437 g/mol. The number of ether oxygens (including phenoxy) is 1. The average Bonchev–Trinajstić information content (AvgIpc) is 2.82. The molecule has 2 rings (SSSR count). The molecule has 3 nitrogen and oxygen atoms in total. The van der Waals surface area contributed by atoms with E-state index < -0.39 is 0 Å². The zero-order valence-electron chi connectivity index (χ0n) is 10.5. The predicted molar refractivity (Wildman–Crippen MR) is 92.4 cm³/mol. The molecule has 0 aliphatic carbocycles. The molecule has 0 saturated carbocycles. The number of aromatic nitrogens is 1. The summed E-state index contributed by atoms with van der Waals surface area (Å²) in [5.74, 6) is 3.46. The van der Waals surface area contributed by atoms with Crippen molar-refractivity contribution in [3.63, 3.8) is 0 Å². The third kappa shape index (κ3) is 5.63. The van der Waals surface area contributed by atoms with E-state index in [0.717, 1.165) is 27.5 Å². The number of H-pyrrole nitrogens is 1. The van der Waals surface area contributed by atoms with Crippen molar-refractivity contribution in [3.05, 3.63) is 45.5 Å². The molecule has 0 radical (unpaired) electrons. The number of alkyl halides is 1. The topological polar surface area (TPSA) is 38.2 Å². The van der Waals surface area contributed by atoms with E-state index in [1.165, 1.54) is 0 Å². The van der Waals surface area contributed by atoms with Crippen LogP contribution < -0.4 is 4.74 Å². The van der Waals surface area contributed by atoms with Crippen molar-refractivity contribution >= 4 is 55.8 Å². The SMILES string of the molecule is S=c1[nH]cc(CSCC(Br)COc2cccc(Br)c2)o1. The van der Waals surface area contributed by atoms with Crippen molar-refractivity contribution in [1.29, 1.82) is 0 Å². The number of thioether (sulfide) groups is 1. The van der Waals surface area contributed by atoms with Gasteiger partial charge in [-0.1, -0.05) is 37.9 Å². The standard InChI is InChI=1S/C13H13Br2NO2S2/c14-9-2-1-3-11(4-9)17-6-10(15)7-20-8-12-5-16-13(19)18-12/h1-5,10H,6-8H2,(H,16,19). The highest BCUT2D eigenvalue weighted by Gasteiger charge is 2.07. The largest absolute Gasteiger partial charge is 0.492 e. The van der Waals surface area contributed by atoms with Gasteiger partial charge in [-0.3, -0.25) is 0 Å². The Morgan fingerprint density at radius 1 is 1.45 bits per heavy atom. The zero-order chi connectivity index (χ0) is 14.4. The second kappa shape index (κ2) is 8.26. The van der Waals surface area contributed by atoms with Crippen LogP contribution in [-0.2, 0) is 5.75 Å². The smallest absolute Gasteiger partial charge is 0.266 e. The average molecular weight is 439 g/mol. The lowest BCUT2D eigenvalue weighted by Gasteiger charge is -2.11. The Bertz CT molecular complexity index is 600. The molecule has 0 fully saturated rings. The lowest BCUT2D eigenvalue weighted by molar-refractivity contribution is 0.325. The molecule has 1 aromatic carbocycles. The molecule has 1 N–H and O–H groups in total. The second-order valence-electron chi connectivity index (χ2n) is 4.03. The molecule has 1 aromatic heterocycles. The molecule has 0 bridgehead atoms. The van der Waals surface area contributed by atoms with Gasteiger partial charge in [0.2, 0.25) is 0 Å². The van der Waals surface area contributed by atoms with E-state index in [9.17, 15) is 0 Å². The van der Waals surface area contributed by atoms with Crippen LogP contribution in [0.3, 0.4) is 0 Å². The minimum absolute atomic E-state index is 0.286. The quantitative estimate of drug-likeness (QED) is 0.477. The van der Waals surface area contributed by atoms with Gasteiger partial charge in [-0.25, -0.2) is 0 Å². The molecule has 1 heterocycles. The Kier molecular flexibility index (Phi) is 6.67. The molecule has 0 saturated heterocycles. The van der Waals surface area contributed by atoms with Crippen LogP contribution in [0.1, 0.15) is 5.76 Å². The van der Waals surface area contributed by atoms with E-state index in [0.29, 0.717) is 11.4 Å². The van der Waals surface area contributed by atoms with E-state index in [1.54, 1.807) is 18.0 Å². The molecule has 0 aliphatic heterocycles. The van der Waals surface area contributed by atoms with E-state index in [-0.39, 0.29) is 4.83 Å². The van der Waals surface area contributed by atoms with Gasteiger partial charge < -0.3 is 14.1 Å². The first-order valence-corrected chi connectivity index (χ1v) is 9.18. The van der Waals surface area contributed by atoms with Gasteiger partial charge in [-0.2, -0.15) is 11.8 Å². The Hall–Kier alpha value is -0.240. The fourth-order valence-electron chi connectivity index (χ4n) is 1.47. The van der Waals surface area contributed by atoms with Gasteiger partial charge in [0.05, 0.1) is 10.6 Å². The third-order valence-electron chi connectivity index (χ3n) is 2.34. The highest BCUT2D eigenvalue weighted by atomic mass is 79.9. The van der Waals surface area contributed by atoms with Gasteiger partial charge in [0.25, 0.3) is 4.84 Å². The van der Waals surface area contributed by atoms with Crippen LogP contribution >= 0.6 is 55.8 Å². The number of hydrogen-bond donors (Lipinski definition) is 1. The van der Waals surface area contributed by atoms with Crippen molar-refractivity contribution in [2.45, 2.75) is 10.6 Å². The molecule has 108 valence electrons. The van der Waals surface area contributed by atoms with Crippen LogP contribution in [0, 0.1) is 4.84 Å². The molecular weight excluding hydrogens is 426 g/mol. The molecule has 0 amide bonds. The fourth-order valence-corrected chi connectivity index (χ4v) is 3.52. The Morgan fingerprint density at radius 3 is 3.00 bits per heavy atom. The maximum Gasteiger partial charge on any atom is 0.266 e. The highest BCUT2D eigenvalue weighted by molar-refractivity contribution is 9.10. The van der Waals surface area contributed by atoms with Crippen molar-refractivity contribution < 1.29 is 9.15 Å². The molecule has 1 unspecified atom stereocenters. The van der Waals surface area contributed by atoms with E-state index in [2.05, 4.69) is 36.8 Å². The van der Waals surface area contributed by atoms with Gasteiger partial charge in [0.15, 0.2) is 0 Å². The third-order valence-corrected chi connectivity index (χ3v) is 5.18. The van der Waals surface area contributed by atoms with Crippen LogP contribution in [0.5, 0.6) is 5.75 Å². The number of halogens is 2. The van der Waals surface area contributed by atoms with E-state index >= 15 is 0 Å². The summed E-state index contributed by atoms with van der Waals surface area (Å²) >= 11 is 13.7. The summed E-state index contributed by atoms with van der Waals surface area (Å²) in [5.41, 5.74) is 0. The summed E-state index contributed by atoms with van der Waals surface area (Å²) in [6.45, 7) is 0.625. The first kappa shape index (κ1) is 16.1. The summed E-state index contributed by atoms with van der Waals surface area (Å²) in [7, 11) is 0.